The topological polar surface area (TPSA) is 30.2 Å². The monoisotopic (exact) mass is 682 g/mol. The van der Waals surface area contributed by atoms with Crippen LogP contribution in [0.4, 0.5) is 0 Å². The minimum atomic E-state index is -3.05. The summed E-state index contributed by atoms with van der Waals surface area (Å²) in [5.41, 5.74) is 13.8. The van der Waals surface area contributed by atoms with Gasteiger partial charge in [-0.3, -0.25) is 0 Å². The van der Waals surface area contributed by atoms with Crippen molar-refractivity contribution in [2.45, 2.75) is 5.41 Å². The van der Waals surface area contributed by atoms with Crippen LogP contribution in [0, 0.1) is 0 Å². The molecule has 0 aliphatic heterocycles. The normalized spacial score (nSPS) is 13.6. The van der Waals surface area contributed by atoms with Crippen molar-refractivity contribution >= 4 is 45.0 Å². The first-order chi connectivity index (χ1) is 25.7. The summed E-state index contributed by atoms with van der Waals surface area (Å²) in [7, 11) is -3.05. The Kier molecular flexibility index (Phi) is 6.18. The number of benzene rings is 8. The largest absolute Gasteiger partial charge is 0.456 e. The summed E-state index contributed by atoms with van der Waals surface area (Å²) in [4.78, 5) is 0. The lowest BCUT2D eigenvalue weighted by Crippen LogP contribution is -2.25. The van der Waals surface area contributed by atoms with Crippen molar-refractivity contribution < 1.29 is 8.98 Å². The molecule has 52 heavy (non-hydrogen) atoms. The van der Waals surface area contributed by atoms with Crippen molar-refractivity contribution in [1.82, 2.24) is 0 Å². The smallest absolute Gasteiger partial charge is 0.171 e. The van der Waals surface area contributed by atoms with Crippen LogP contribution in [0.3, 0.4) is 0 Å². The number of rotatable bonds is 4. The van der Waals surface area contributed by atoms with Gasteiger partial charge in [-0.15, -0.1) is 0 Å². The molecule has 2 aliphatic carbocycles. The molecule has 2 aliphatic rings. The zero-order chi connectivity index (χ0) is 34.4. The number of furan rings is 1. The maximum absolute atomic E-state index is 14.9. The van der Waals surface area contributed by atoms with Gasteiger partial charge in [0.15, 0.2) is 7.14 Å². The summed E-state index contributed by atoms with van der Waals surface area (Å²) in [6, 6.07) is 65.7. The van der Waals surface area contributed by atoms with Crippen LogP contribution >= 0.6 is 7.14 Å². The minimum absolute atomic E-state index is 0.405. The molecule has 1 spiro atoms. The van der Waals surface area contributed by atoms with Crippen LogP contribution in [0.2, 0.25) is 0 Å². The molecule has 244 valence electrons. The highest BCUT2D eigenvalue weighted by Crippen LogP contribution is 2.63. The Morgan fingerprint density at radius 3 is 1.40 bits per heavy atom. The number of fused-ring (bicyclic) bond motifs is 13. The predicted octanol–water partition coefficient (Wildman–Crippen LogP) is 11.2. The van der Waals surface area contributed by atoms with Gasteiger partial charge in [0.1, 0.15) is 11.2 Å². The molecule has 9 aromatic rings. The second kappa shape index (κ2) is 10.9. The van der Waals surface area contributed by atoms with Crippen LogP contribution in [-0.4, -0.2) is 0 Å². The number of hydrogen-bond acceptors (Lipinski definition) is 2. The first-order valence-corrected chi connectivity index (χ1v) is 19.5. The lowest BCUT2D eigenvalue weighted by Gasteiger charge is -2.30. The second-order valence-corrected chi connectivity index (χ2v) is 16.7. The molecule has 0 N–H and O–H groups in total. The van der Waals surface area contributed by atoms with Crippen molar-refractivity contribution in [2.24, 2.45) is 0 Å². The molecular weight excluding hydrogens is 652 g/mol. The van der Waals surface area contributed by atoms with Crippen LogP contribution in [0.15, 0.2) is 192 Å². The van der Waals surface area contributed by atoms with E-state index in [9.17, 15) is 4.57 Å². The Morgan fingerprint density at radius 1 is 0.365 bits per heavy atom. The lowest BCUT2D eigenvalue weighted by atomic mass is 9.70. The van der Waals surface area contributed by atoms with Gasteiger partial charge in [0.05, 0.1) is 5.41 Å². The molecule has 1 heterocycles. The third kappa shape index (κ3) is 3.88. The first kappa shape index (κ1) is 29.5. The summed E-state index contributed by atoms with van der Waals surface area (Å²) in [6.45, 7) is 0. The van der Waals surface area contributed by atoms with E-state index in [4.69, 9.17) is 4.42 Å². The van der Waals surface area contributed by atoms with Gasteiger partial charge in [-0.25, -0.2) is 0 Å². The lowest BCUT2D eigenvalue weighted by molar-refractivity contribution is 0.592. The Labute approximate surface area is 302 Å². The van der Waals surface area contributed by atoms with E-state index >= 15 is 0 Å². The Hall–Kier alpha value is -6.21. The van der Waals surface area contributed by atoms with Gasteiger partial charge in [-0.1, -0.05) is 164 Å². The van der Waals surface area contributed by atoms with E-state index in [2.05, 4.69) is 115 Å². The highest BCUT2D eigenvalue weighted by Gasteiger charge is 2.51. The van der Waals surface area contributed by atoms with Crippen LogP contribution < -0.4 is 15.9 Å². The van der Waals surface area contributed by atoms with E-state index in [-0.39, 0.29) is 0 Å². The molecule has 0 radical (unpaired) electrons. The Morgan fingerprint density at radius 2 is 0.827 bits per heavy atom. The fourth-order valence-electron chi connectivity index (χ4n) is 9.13. The molecular formula is C49H31O2P. The predicted molar refractivity (Wildman–Crippen MR) is 215 cm³/mol. The third-order valence-corrected chi connectivity index (χ3v) is 14.5. The summed E-state index contributed by atoms with van der Waals surface area (Å²) >= 11 is 0. The van der Waals surface area contributed by atoms with E-state index in [1.54, 1.807) is 0 Å². The summed E-state index contributed by atoms with van der Waals surface area (Å²) < 4.78 is 21.7. The molecule has 2 nitrogen and oxygen atoms in total. The van der Waals surface area contributed by atoms with E-state index < -0.39 is 12.6 Å². The van der Waals surface area contributed by atoms with Gasteiger partial charge >= 0.3 is 0 Å². The van der Waals surface area contributed by atoms with Crippen molar-refractivity contribution in [3.63, 3.8) is 0 Å². The quantitative estimate of drug-likeness (QED) is 0.173. The summed E-state index contributed by atoms with van der Waals surface area (Å²) in [5, 5.41) is 4.70. The molecule has 0 bridgehead atoms. The molecule has 3 heteroatoms. The maximum Gasteiger partial charge on any atom is 0.171 e. The van der Waals surface area contributed by atoms with Crippen molar-refractivity contribution in [3.05, 3.63) is 210 Å². The average molecular weight is 683 g/mol. The molecule has 0 saturated heterocycles. The molecule has 0 unspecified atom stereocenters. The van der Waals surface area contributed by atoms with Crippen molar-refractivity contribution in [3.8, 4) is 33.4 Å². The third-order valence-electron chi connectivity index (χ3n) is 11.4. The van der Waals surface area contributed by atoms with Crippen molar-refractivity contribution in [1.29, 1.82) is 0 Å². The first-order valence-electron chi connectivity index (χ1n) is 17.8. The molecule has 1 aromatic heterocycles. The van der Waals surface area contributed by atoms with E-state index in [1.807, 2.05) is 72.8 Å². The molecule has 0 saturated carbocycles. The number of hydrogen-bond donors (Lipinski definition) is 0. The van der Waals surface area contributed by atoms with Gasteiger partial charge in [-0.2, -0.15) is 0 Å². The summed E-state index contributed by atoms with van der Waals surface area (Å²) in [5.74, 6) is 0. The highest BCUT2D eigenvalue weighted by molar-refractivity contribution is 7.85. The zero-order valence-electron chi connectivity index (χ0n) is 28.2. The minimum Gasteiger partial charge on any atom is -0.456 e. The van der Waals surface area contributed by atoms with Crippen LogP contribution in [0.5, 0.6) is 0 Å². The van der Waals surface area contributed by atoms with Crippen LogP contribution in [0.25, 0.3) is 55.3 Å². The highest BCUT2D eigenvalue weighted by atomic mass is 31.2. The van der Waals surface area contributed by atoms with E-state index in [1.165, 1.54) is 44.5 Å². The molecule has 0 atom stereocenters. The van der Waals surface area contributed by atoms with Crippen LogP contribution in [-0.2, 0) is 9.98 Å². The SMILES string of the molecule is O=P(c1ccccc1)(c1ccccc1)c1ccc(-c2ccc3c(c2)oc2cc4c(cc23)-c2ccccc2C42c3ccccc3-c3ccccc32)cc1. The molecule has 0 fully saturated rings. The fraction of sp³-hybridized carbons (Fsp3) is 0.0204. The zero-order valence-corrected chi connectivity index (χ0v) is 29.1. The van der Waals surface area contributed by atoms with Gasteiger partial charge in [0.25, 0.3) is 0 Å². The average Bonchev–Trinajstić information content (AvgIpc) is 3.83. The van der Waals surface area contributed by atoms with Crippen molar-refractivity contribution in [2.75, 3.05) is 0 Å². The molecule has 11 rings (SSSR count). The summed E-state index contributed by atoms with van der Waals surface area (Å²) in [6.07, 6.45) is 0. The van der Waals surface area contributed by atoms with E-state index in [0.717, 1.165) is 49.0 Å². The Bertz CT molecular complexity index is 2830. The Balaban J connectivity index is 1.05. The standard InChI is InChI=1S/C49H31O2P/c50-52(34-13-3-1-4-14-34,35-15-5-2-6-16-35)36-26-23-32(24-27-36)33-25-28-40-42-30-41-39-19-9-12-22-45(39)49(46(41)31-48(42)51-47(40)29-33)43-20-10-7-17-37(43)38-18-8-11-21-44(38)49/h1-31H. The van der Waals surface area contributed by atoms with Gasteiger partial charge < -0.3 is 8.98 Å². The molecule has 0 amide bonds. The fourth-order valence-corrected chi connectivity index (χ4v) is 11.8. The van der Waals surface area contributed by atoms with Gasteiger partial charge in [0, 0.05) is 26.7 Å². The van der Waals surface area contributed by atoms with Crippen LogP contribution in [0.1, 0.15) is 22.3 Å². The maximum atomic E-state index is 14.9. The molecule has 8 aromatic carbocycles. The van der Waals surface area contributed by atoms with Gasteiger partial charge in [-0.05, 0) is 79.9 Å². The van der Waals surface area contributed by atoms with Gasteiger partial charge in [0.2, 0.25) is 0 Å². The van der Waals surface area contributed by atoms with E-state index in [0.29, 0.717) is 0 Å². The second-order valence-electron chi connectivity index (χ2n) is 13.9.